The third kappa shape index (κ3) is 4.64. The van der Waals surface area contributed by atoms with Crippen molar-refractivity contribution < 1.29 is 0 Å². The lowest BCUT2D eigenvalue weighted by Crippen LogP contribution is -2.51. The largest absolute Gasteiger partial charge is 0.314 e. The molecule has 3 aromatic rings. The zero-order valence-electron chi connectivity index (χ0n) is 16.4. The van der Waals surface area contributed by atoms with Crippen LogP contribution in [-0.4, -0.2) is 30.6 Å². The first-order chi connectivity index (χ1) is 13.7. The minimum atomic E-state index is 0.530. The van der Waals surface area contributed by atoms with Gasteiger partial charge in [-0.05, 0) is 42.2 Å². The van der Waals surface area contributed by atoms with Crippen molar-refractivity contribution in [3.8, 4) is 11.1 Å². The second-order valence-corrected chi connectivity index (χ2v) is 8.11. The van der Waals surface area contributed by atoms with Crippen LogP contribution in [0, 0.1) is 6.92 Å². The monoisotopic (exact) mass is 390 g/mol. The molecule has 0 saturated carbocycles. The Morgan fingerprint density at radius 1 is 0.964 bits per heavy atom. The van der Waals surface area contributed by atoms with Crippen LogP contribution in [0.25, 0.3) is 11.1 Å². The van der Waals surface area contributed by atoms with Crippen LogP contribution in [0.3, 0.4) is 0 Å². The van der Waals surface area contributed by atoms with Crippen molar-refractivity contribution in [3.05, 3.63) is 94.5 Å². The van der Waals surface area contributed by atoms with E-state index in [1.54, 1.807) is 0 Å². The molecule has 3 heteroatoms. The summed E-state index contributed by atoms with van der Waals surface area (Å²) in [5, 5.41) is 4.37. The fourth-order valence-corrected chi connectivity index (χ4v) is 4.21. The number of piperazine rings is 1. The molecule has 2 nitrogen and oxygen atoms in total. The van der Waals surface area contributed by atoms with E-state index in [2.05, 4.69) is 83.9 Å². The van der Waals surface area contributed by atoms with Crippen molar-refractivity contribution in [1.29, 1.82) is 0 Å². The second-order valence-electron chi connectivity index (χ2n) is 7.70. The van der Waals surface area contributed by atoms with E-state index in [0.29, 0.717) is 6.04 Å². The quantitative estimate of drug-likeness (QED) is 0.633. The van der Waals surface area contributed by atoms with E-state index in [-0.39, 0.29) is 0 Å². The van der Waals surface area contributed by atoms with Gasteiger partial charge in [-0.25, -0.2) is 0 Å². The molecule has 28 heavy (non-hydrogen) atoms. The Morgan fingerprint density at radius 3 is 2.54 bits per heavy atom. The highest BCUT2D eigenvalue weighted by Crippen LogP contribution is 2.29. The molecule has 1 aliphatic heterocycles. The van der Waals surface area contributed by atoms with Gasteiger partial charge in [0.25, 0.3) is 0 Å². The summed E-state index contributed by atoms with van der Waals surface area (Å²) >= 11 is 6.41. The van der Waals surface area contributed by atoms with E-state index in [1.165, 1.54) is 22.3 Å². The molecule has 0 radical (unpaired) electrons. The number of hydrogen-bond acceptors (Lipinski definition) is 2. The van der Waals surface area contributed by atoms with Gasteiger partial charge in [0.15, 0.2) is 0 Å². The van der Waals surface area contributed by atoms with Crippen molar-refractivity contribution in [3.63, 3.8) is 0 Å². The van der Waals surface area contributed by atoms with Gasteiger partial charge in [0.2, 0.25) is 0 Å². The van der Waals surface area contributed by atoms with Gasteiger partial charge in [-0.3, -0.25) is 4.90 Å². The Morgan fingerprint density at radius 2 is 1.75 bits per heavy atom. The number of rotatable bonds is 5. The van der Waals surface area contributed by atoms with Gasteiger partial charge in [-0.15, -0.1) is 0 Å². The molecule has 0 spiro atoms. The predicted octanol–water partition coefficient (Wildman–Crippen LogP) is 5.33. The molecule has 3 aromatic carbocycles. The predicted molar refractivity (Wildman–Crippen MR) is 119 cm³/mol. The molecular formula is C25H27ClN2. The van der Waals surface area contributed by atoms with E-state index in [1.807, 2.05) is 6.07 Å². The third-order valence-electron chi connectivity index (χ3n) is 5.56. The summed E-state index contributed by atoms with van der Waals surface area (Å²) in [6.07, 6.45) is 1.09. The Balaban J connectivity index is 1.47. The van der Waals surface area contributed by atoms with Crippen molar-refractivity contribution in [2.75, 3.05) is 19.6 Å². The third-order valence-corrected chi connectivity index (χ3v) is 5.89. The Kier molecular flexibility index (Phi) is 6.11. The molecule has 0 bridgehead atoms. The molecule has 1 unspecified atom stereocenters. The average molecular weight is 391 g/mol. The fourth-order valence-electron chi connectivity index (χ4n) is 3.98. The molecule has 0 aliphatic carbocycles. The summed E-state index contributed by atoms with van der Waals surface area (Å²) in [5.41, 5.74) is 6.28. The first-order valence-corrected chi connectivity index (χ1v) is 10.4. The molecule has 1 heterocycles. The topological polar surface area (TPSA) is 15.3 Å². The number of benzene rings is 3. The summed E-state index contributed by atoms with van der Waals surface area (Å²) in [6.45, 7) is 6.28. The van der Waals surface area contributed by atoms with Gasteiger partial charge in [-0.1, -0.05) is 77.8 Å². The summed E-state index contributed by atoms with van der Waals surface area (Å²) in [4.78, 5) is 2.61. The Bertz CT molecular complexity index is 906. The zero-order valence-corrected chi connectivity index (χ0v) is 17.1. The summed E-state index contributed by atoms with van der Waals surface area (Å²) < 4.78 is 0. The van der Waals surface area contributed by atoms with Crippen molar-refractivity contribution in [1.82, 2.24) is 10.2 Å². The number of hydrogen-bond donors (Lipinski definition) is 1. The zero-order chi connectivity index (χ0) is 19.3. The van der Waals surface area contributed by atoms with Crippen molar-refractivity contribution >= 4 is 11.6 Å². The lowest BCUT2D eigenvalue weighted by molar-refractivity contribution is 0.152. The molecule has 1 atom stereocenters. The van der Waals surface area contributed by atoms with Crippen LogP contribution in [0.1, 0.15) is 16.7 Å². The summed E-state index contributed by atoms with van der Waals surface area (Å²) in [5.74, 6) is 0. The molecule has 1 saturated heterocycles. The molecule has 1 fully saturated rings. The molecule has 4 rings (SSSR count). The maximum Gasteiger partial charge on any atom is 0.0484 e. The Hall–Kier alpha value is -2.13. The number of aryl methyl sites for hydroxylation is 1. The van der Waals surface area contributed by atoms with Crippen LogP contribution in [0.4, 0.5) is 0 Å². The highest BCUT2D eigenvalue weighted by Gasteiger charge is 2.22. The van der Waals surface area contributed by atoms with Crippen molar-refractivity contribution in [2.45, 2.75) is 25.9 Å². The Labute approximate surface area is 173 Å². The first-order valence-electron chi connectivity index (χ1n) is 10.0. The fraction of sp³-hybridized carbons (Fsp3) is 0.280. The van der Waals surface area contributed by atoms with Gasteiger partial charge in [0.05, 0.1) is 0 Å². The average Bonchev–Trinajstić information content (AvgIpc) is 2.73. The van der Waals surface area contributed by atoms with Crippen LogP contribution < -0.4 is 5.32 Å². The van der Waals surface area contributed by atoms with Crippen LogP contribution in [0.2, 0.25) is 5.02 Å². The molecule has 144 valence electrons. The summed E-state index contributed by atoms with van der Waals surface area (Å²) in [6, 6.07) is 26.4. The maximum absolute atomic E-state index is 6.41. The highest BCUT2D eigenvalue weighted by molar-refractivity contribution is 6.33. The van der Waals surface area contributed by atoms with Crippen LogP contribution in [0.5, 0.6) is 0 Å². The van der Waals surface area contributed by atoms with E-state index in [0.717, 1.165) is 43.2 Å². The lowest BCUT2D eigenvalue weighted by atomic mass is 10.00. The first kappa shape index (κ1) is 19.2. The van der Waals surface area contributed by atoms with Crippen LogP contribution in [0.15, 0.2) is 72.8 Å². The van der Waals surface area contributed by atoms with Crippen LogP contribution >= 0.6 is 11.6 Å². The smallest absolute Gasteiger partial charge is 0.0484 e. The van der Waals surface area contributed by atoms with E-state index in [9.17, 15) is 0 Å². The molecule has 1 aliphatic rings. The van der Waals surface area contributed by atoms with Gasteiger partial charge in [-0.2, -0.15) is 0 Å². The molecule has 0 amide bonds. The standard InChI is InChI=1S/C25H27ClN2/c1-19-7-12-25(26)24(15-19)22-10-8-21(9-11-22)18-28-14-13-27-17-23(28)16-20-5-3-2-4-6-20/h2-12,15,23,27H,13-14,16-18H2,1H3. The minimum Gasteiger partial charge on any atom is -0.314 e. The van der Waals surface area contributed by atoms with E-state index >= 15 is 0 Å². The lowest BCUT2D eigenvalue weighted by Gasteiger charge is -2.36. The van der Waals surface area contributed by atoms with Gasteiger partial charge >= 0.3 is 0 Å². The SMILES string of the molecule is Cc1ccc(Cl)c(-c2ccc(CN3CCNCC3Cc3ccccc3)cc2)c1. The van der Waals surface area contributed by atoms with Crippen molar-refractivity contribution in [2.24, 2.45) is 0 Å². The normalized spacial score (nSPS) is 17.6. The highest BCUT2D eigenvalue weighted by atomic mass is 35.5. The molecule has 1 N–H and O–H groups in total. The van der Waals surface area contributed by atoms with Crippen LogP contribution in [-0.2, 0) is 13.0 Å². The maximum atomic E-state index is 6.41. The van der Waals surface area contributed by atoms with Gasteiger partial charge in [0.1, 0.15) is 0 Å². The molecule has 0 aromatic heterocycles. The summed E-state index contributed by atoms with van der Waals surface area (Å²) in [7, 11) is 0. The van der Waals surface area contributed by atoms with E-state index < -0.39 is 0 Å². The number of nitrogens with one attached hydrogen (secondary N) is 1. The number of nitrogens with zero attached hydrogens (tertiary/aromatic N) is 1. The van der Waals surface area contributed by atoms with E-state index in [4.69, 9.17) is 11.6 Å². The molecular weight excluding hydrogens is 364 g/mol. The second kappa shape index (κ2) is 8.91. The van der Waals surface area contributed by atoms with Gasteiger partial charge in [0, 0.05) is 42.8 Å². The van der Waals surface area contributed by atoms with Gasteiger partial charge < -0.3 is 5.32 Å². The minimum absolute atomic E-state index is 0.530. The number of halogens is 1.